The van der Waals surface area contributed by atoms with Crippen LogP contribution in [0.2, 0.25) is 0 Å². The van der Waals surface area contributed by atoms with Crippen molar-refractivity contribution >= 4 is 22.9 Å². The second-order valence-corrected chi connectivity index (χ2v) is 7.28. The molecule has 1 saturated carbocycles. The van der Waals surface area contributed by atoms with Crippen LogP contribution >= 0.6 is 0 Å². The summed E-state index contributed by atoms with van der Waals surface area (Å²) in [7, 11) is 0. The van der Waals surface area contributed by atoms with Crippen LogP contribution in [-0.2, 0) is 14.3 Å². The van der Waals surface area contributed by atoms with E-state index in [1.807, 2.05) is 67.6 Å². The van der Waals surface area contributed by atoms with Gasteiger partial charge in [0.2, 0.25) is 0 Å². The molecule has 1 atom stereocenters. The van der Waals surface area contributed by atoms with Crippen LogP contribution in [0.5, 0.6) is 0 Å². The molecule has 0 bridgehead atoms. The van der Waals surface area contributed by atoms with E-state index in [1.54, 1.807) is 0 Å². The number of carbonyl (C=O) groups excluding carboxylic acids is 2. The topological polar surface area (TPSA) is 43.4 Å². The second-order valence-electron chi connectivity index (χ2n) is 7.28. The molecule has 138 valence electrons. The van der Waals surface area contributed by atoms with Crippen molar-refractivity contribution in [3.8, 4) is 0 Å². The molecule has 0 saturated heterocycles. The van der Waals surface area contributed by atoms with Gasteiger partial charge in [-0.3, -0.25) is 9.59 Å². The summed E-state index contributed by atoms with van der Waals surface area (Å²) in [6.45, 7) is 2.13. The normalized spacial score (nSPS) is 21.1. The summed E-state index contributed by atoms with van der Waals surface area (Å²) < 4.78 is 5.54. The smallest absolute Gasteiger partial charge is 0.321 e. The lowest BCUT2D eigenvalue weighted by Gasteiger charge is -2.30. The first-order chi connectivity index (χ1) is 13.2. The van der Waals surface area contributed by atoms with Gasteiger partial charge in [0.25, 0.3) is 0 Å². The minimum absolute atomic E-state index is 0.189. The summed E-state index contributed by atoms with van der Waals surface area (Å²) in [4.78, 5) is 26.2. The standard InChI is InChI=1S/C24H24O3/c1-2-27-23(26)24(19-15-9-10-16-20(19)25)21(17-11-5-3-6-12-17)22(24)18-13-7-4-8-14-18/h3-8,11-14,19H,2,9-10,15-16H2,1H3. The molecule has 0 radical (unpaired) electrons. The average Bonchev–Trinajstić information content (AvgIpc) is 3.41. The van der Waals surface area contributed by atoms with Crippen molar-refractivity contribution in [1.82, 2.24) is 0 Å². The average molecular weight is 360 g/mol. The molecule has 1 fully saturated rings. The maximum atomic E-state index is 13.3. The lowest BCUT2D eigenvalue weighted by atomic mass is 9.71. The van der Waals surface area contributed by atoms with Gasteiger partial charge in [0.15, 0.2) is 0 Å². The molecule has 1 unspecified atom stereocenters. The highest BCUT2D eigenvalue weighted by molar-refractivity contribution is 6.29. The third-order valence-electron chi connectivity index (χ3n) is 5.78. The fourth-order valence-electron chi connectivity index (χ4n) is 4.63. The van der Waals surface area contributed by atoms with E-state index >= 15 is 0 Å². The molecule has 2 aromatic carbocycles. The quantitative estimate of drug-likeness (QED) is 0.711. The Bertz CT molecular complexity index is 831. The molecule has 0 aliphatic heterocycles. The van der Waals surface area contributed by atoms with Crippen molar-refractivity contribution in [2.45, 2.75) is 32.6 Å². The molecule has 27 heavy (non-hydrogen) atoms. The lowest BCUT2D eigenvalue weighted by Crippen LogP contribution is -2.38. The summed E-state index contributed by atoms with van der Waals surface area (Å²) >= 11 is 0. The molecule has 0 amide bonds. The van der Waals surface area contributed by atoms with E-state index in [2.05, 4.69) is 0 Å². The van der Waals surface area contributed by atoms with Crippen LogP contribution in [0.4, 0.5) is 0 Å². The van der Waals surface area contributed by atoms with E-state index in [0.717, 1.165) is 41.5 Å². The number of hydrogen-bond acceptors (Lipinski definition) is 3. The van der Waals surface area contributed by atoms with Crippen molar-refractivity contribution in [3.05, 3.63) is 71.8 Å². The van der Waals surface area contributed by atoms with Gasteiger partial charge in [0.05, 0.1) is 6.61 Å². The largest absolute Gasteiger partial charge is 0.465 e. The van der Waals surface area contributed by atoms with E-state index in [4.69, 9.17) is 4.74 Å². The van der Waals surface area contributed by atoms with Crippen molar-refractivity contribution < 1.29 is 14.3 Å². The molecule has 2 aliphatic carbocycles. The van der Waals surface area contributed by atoms with E-state index in [0.29, 0.717) is 13.0 Å². The molecular formula is C24H24O3. The van der Waals surface area contributed by atoms with Gasteiger partial charge in [0, 0.05) is 12.3 Å². The Morgan fingerprint density at radius 1 is 0.963 bits per heavy atom. The number of esters is 1. The third-order valence-corrected chi connectivity index (χ3v) is 5.78. The summed E-state index contributed by atoms with van der Waals surface area (Å²) in [6.07, 6.45) is 3.18. The summed E-state index contributed by atoms with van der Waals surface area (Å²) in [6, 6.07) is 19.9. The van der Waals surface area contributed by atoms with Crippen molar-refractivity contribution in [3.63, 3.8) is 0 Å². The first-order valence-electron chi connectivity index (χ1n) is 9.77. The van der Waals surface area contributed by atoms with E-state index < -0.39 is 5.41 Å². The lowest BCUT2D eigenvalue weighted by molar-refractivity contribution is -0.152. The van der Waals surface area contributed by atoms with Crippen molar-refractivity contribution in [2.24, 2.45) is 11.3 Å². The fraction of sp³-hybridized carbons (Fsp3) is 0.333. The van der Waals surface area contributed by atoms with Gasteiger partial charge in [0.1, 0.15) is 11.2 Å². The number of Topliss-reactive ketones (excluding diaryl/α,β-unsaturated/α-hetero) is 1. The SMILES string of the molecule is CCOC(=O)C1(C2CCCCC2=O)C(c2ccccc2)=C1c1ccccc1. The zero-order chi connectivity index (χ0) is 18.9. The zero-order valence-corrected chi connectivity index (χ0v) is 15.6. The van der Waals surface area contributed by atoms with Gasteiger partial charge in [-0.25, -0.2) is 0 Å². The van der Waals surface area contributed by atoms with Gasteiger partial charge in [-0.05, 0) is 42.0 Å². The van der Waals surface area contributed by atoms with Crippen LogP contribution in [0.3, 0.4) is 0 Å². The number of ketones is 1. The molecule has 2 aromatic rings. The Balaban J connectivity index is 1.89. The highest BCUT2D eigenvalue weighted by atomic mass is 16.5. The molecule has 3 heteroatoms. The van der Waals surface area contributed by atoms with Gasteiger partial charge in [-0.2, -0.15) is 0 Å². The van der Waals surface area contributed by atoms with Crippen LogP contribution in [0, 0.1) is 11.3 Å². The second kappa shape index (κ2) is 7.15. The minimum atomic E-state index is -0.934. The number of ether oxygens (including phenoxy) is 1. The fourth-order valence-corrected chi connectivity index (χ4v) is 4.63. The van der Waals surface area contributed by atoms with Gasteiger partial charge < -0.3 is 4.74 Å². The number of carbonyl (C=O) groups is 2. The Kier molecular flexibility index (Phi) is 4.69. The molecule has 0 spiro atoms. The Morgan fingerprint density at radius 3 is 2.00 bits per heavy atom. The Morgan fingerprint density at radius 2 is 1.52 bits per heavy atom. The maximum Gasteiger partial charge on any atom is 0.321 e. The van der Waals surface area contributed by atoms with Gasteiger partial charge >= 0.3 is 5.97 Å². The highest BCUT2D eigenvalue weighted by Gasteiger charge is 2.66. The highest BCUT2D eigenvalue weighted by Crippen LogP contribution is 2.69. The molecule has 0 N–H and O–H groups in total. The van der Waals surface area contributed by atoms with Gasteiger partial charge in [-0.15, -0.1) is 0 Å². The van der Waals surface area contributed by atoms with Crippen LogP contribution in [0.15, 0.2) is 60.7 Å². The van der Waals surface area contributed by atoms with Crippen LogP contribution in [-0.4, -0.2) is 18.4 Å². The monoisotopic (exact) mass is 360 g/mol. The maximum absolute atomic E-state index is 13.3. The van der Waals surface area contributed by atoms with E-state index in [1.165, 1.54) is 0 Å². The van der Waals surface area contributed by atoms with Gasteiger partial charge in [-0.1, -0.05) is 67.1 Å². The van der Waals surface area contributed by atoms with Crippen molar-refractivity contribution in [1.29, 1.82) is 0 Å². The molecular weight excluding hydrogens is 336 g/mol. The molecule has 3 nitrogen and oxygen atoms in total. The first-order valence-corrected chi connectivity index (χ1v) is 9.77. The Labute approximate surface area is 160 Å². The number of rotatable bonds is 5. The van der Waals surface area contributed by atoms with Crippen LogP contribution < -0.4 is 0 Å². The molecule has 0 aromatic heterocycles. The first kappa shape index (κ1) is 17.7. The number of hydrogen-bond donors (Lipinski definition) is 0. The predicted octanol–water partition coefficient (Wildman–Crippen LogP) is 4.92. The van der Waals surface area contributed by atoms with E-state index in [9.17, 15) is 9.59 Å². The Hall–Kier alpha value is -2.68. The van der Waals surface area contributed by atoms with E-state index in [-0.39, 0.29) is 17.7 Å². The predicted molar refractivity (Wildman–Crippen MR) is 106 cm³/mol. The van der Waals surface area contributed by atoms with Crippen LogP contribution in [0.25, 0.3) is 11.1 Å². The van der Waals surface area contributed by atoms with Crippen molar-refractivity contribution in [2.75, 3.05) is 6.61 Å². The minimum Gasteiger partial charge on any atom is -0.465 e. The molecule has 4 rings (SSSR count). The summed E-state index contributed by atoms with van der Waals surface area (Å²) in [5.41, 5.74) is 3.00. The third kappa shape index (κ3) is 2.82. The zero-order valence-electron chi connectivity index (χ0n) is 15.6. The molecule has 2 aliphatic rings. The molecule has 0 heterocycles. The van der Waals surface area contributed by atoms with Crippen LogP contribution in [0.1, 0.15) is 43.7 Å². The number of benzene rings is 2. The summed E-state index contributed by atoms with van der Waals surface area (Å²) in [5.74, 6) is -0.410. The summed E-state index contributed by atoms with van der Waals surface area (Å²) in [5, 5.41) is 0.